The fourth-order valence-corrected chi connectivity index (χ4v) is 1.93. The van der Waals surface area contributed by atoms with Crippen LogP contribution in [-0.2, 0) is 18.4 Å². The molecule has 0 amide bonds. The Morgan fingerprint density at radius 2 is 1.71 bits per heavy atom. The Kier molecular flexibility index (Phi) is 1.62. The van der Waals surface area contributed by atoms with Gasteiger partial charge in [-0.3, -0.25) is 0 Å². The average Bonchev–Trinajstić information content (AvgIpc) is 2.97. The molecule has 1 fully saturated rings. The molecule has 0 bridgehead atoms. The second-order valence-electron chi connectivity index (χ2n) is 4.39. The van der Waals surface area contributed by atoms with E-state index in [-0.39, 0.29) is 5.54 Å². The number of rotatable bonds is 1. The van der Waals surface area contributed by atoms with Crippen LogP contribution in [0.5, 0.6) is 0 Å². The summed E-state index contributed by atoms with van der Waals surface area (Å²) in [5.41, 5.74) is 8.02. The van der Waals surface area contributed by atoms with E-state index in [4.69, 9.17) is 5.73 Å². The Bertz CT molecular complexity index is 370. The highest BCUT2D eigenvalue weighted by Gasteiger charge is 2.43. The summed E-state index contributed by atoms with van der Waals surface area (Å²) in [6.45, 7) is 0. The molecule has 2 aliphatic rings. The van der Waals surface area contributed by atoms with Crippen LogP contribution in [0.15, 0.2) is 0 Å². The summed E-state index contributed by atoms with van der Waals surface area (Å²) in [4.78, 5) is 4.55. The van der Waals surface area contributed by atoms with E-state index in [0.717, 1.165) is 42.9 Å². The molecule has 0 aromatic carbocycles. The first-order valence-corrected chi connectivity index (χ1v) is 5.30. The van der Waals surface area contributed by atoms with E-state index in [9.17, 15) is 0 Å². The lowest BCUT2D eigenvalue weighted by Gasteiger charge is -2.14. The standard InChI is InChI=1S/C10H14N4/c11-10(5-6-10)9-12-7-3-1-2-4-8(7)13-14-9/h1-6,11H2. The predicted octanol–water partition coefficient (Wildman–Crippen LogP) is 0.698. The molecule has 0 unspecified atom stereocenters. The van der Waals surface area contributed by atoms with E-state index in [1.807, 2.05) is 0 Å². The number of nitrogens with zero attached hydrogens (tertiary/aromatic N) is 3. The van der Waals surface area contributed by atoms with Gasteiger partial charge in [0.25, 0.3) is 0 Å². The highest BCUT2D eigenvalue weighted by atomic mass is 15.2. The highest BCUT2D eigenvalue weighted by Crippen LogP contribution is 2.40. The second kappa shape index (κ2) is 2.73. The third-order valence-corrected chi connectivity index (χ3v) is 3.15. The van der Waals surface area contributed by atoms with Gasteiger partial charge in [-0.1, -0.05) is 0 Å². The molecule has 74 valence electrons. The van der Waals surface area contributed by atoms with Crippen molar-refractivity contribution >= 4 is 0 Å². The van der Waals surface area contributed by atoms with Crippen LogP contribution < -0.4 is 5.73 Å². The van der Waals surface area contributed by atoms with Gasteiger partial charge in [-0.15, -0.1) is 5.10 Å². The van der Waals surface area contributed by atoms with Gasteiger partial charge in [0.1, 0.15) is 0 Å². The van der Waals surface area contributed by atoms with Crippen LogP contribution in [0.3, 0.4) is 0 Å². The van der Waals surface area contributed by atoms with Gasteiger partial charge >= 0.3 is 0 Å². The summed E-state index contributed by atoms with van der Waals surface area (Å²) in [5.74, 6) is 0.762. The first-order valence-electron chi connectivity index (χ1n) is 5.30. The lowest BCUT2D eigenvalue weighted by Crippen LogP contribution is -2.25. The van der Waals surface area contributed by atoms with Crippen LogP contribution >= 0.6 is 0 Å². The maximum atomic E-state index is 6.04. The van der Waals surface area contributed by atoms with Crippen molar-refractivity contribution in [3.05, 3.63) is 17.2 Å². The van der Waals surface area contributed by atoms with Crippen molar-refractivity contribution in [1.29, 1.82) is 0 Å². The van der Waals surface area contributed by atoms with Gasteiger partial charge in [0.15, 0.2) is 5.82 Å². The Balaban J connectivity index is 2.01. The molecule has 2 aliphatic carbocycles. The lowest BCUT2D eigenvalue weighted by molar-refractivity contribution is 0.582. The second-order valence-corrected chi connectivity index (χ2v) is 4.39. The van der Waals surface area contributed by atoms with Crippen LogP contribution in [0.1, 0.15) is 42.9 Å². The normalized spacial score (nSPS) is 22.9. The lowest BCUT2D eigenvalue weighted by atomic mass is 10.0. The van der Waals surface area contributed by atoms with Crippen molar-refractivity contribution in [2.24, 2.45) is 5.73 Å². The largest absolute Gasteiger partial charge is 0.319 e. The molecule has 0 saturated heterocycles. The minimum absolute atomic E-state index is 0.237. The summed E-state index contributed by atoms with van der Waals surface area (Å²) >= 11 is 0. The SMILES string of the molecule is NC1(c2nnc3c(n2)CCCC3)CC1. The maximum Gasteiger partial charge on any atom is 0.171 e. The van der Waals surface area contributed by atoms with E-state index < -0.39 is 0 Å². The Labute approximate surface area is 82.9 Å². The smallest absolute Gasteiger partial charge is 0.171 e. The zero-order chi connectivity index (χ0) is 9.60. The first kappa shape index (κ1) is 8.29. The van der Waals surface area contributed by atoms with Gasteiger partial charge < -0.3 is 5.73 Å². The Hall–Kier alpha value is -1.03. The zero-order valence-corrected chi connectivity index (χ0v) is 8.16. The molecule has 4 nitrogen and oxygen atoms in total. The van der Waals surface area contributed by atoms with Crippen LogP contribution in [0.2, 0.25) is 0 Å². The van der Waals surface area contributed by atoms with Crippen LogP contribution in [0, 0.1) is 0 Å². The Morgan fingerprint density at radius 3 is 2.43 bits per heavy atom. The number of fused-ring (bicyclic) bond motifs is 1. The van der Waals surface area contributed by atoms with Gasteiger partial charge in [-0.25, -0.2) is 4.98 Å². The third kappa shape index (κ3) is 1.21. The van der Waals surface area contributed by atoms with Crippen LogP contribution in [0.4, 0.5) is 0 Å². The number of nitrogens with two attached hydrogens (primary N) is 1. The maximum absolute atomic E-state index is 6.04. The molecule has 1 aromatic rings. The van der Waals surface area contributed by atoms with E-state index in [0.29, 0.717) is 0 Å². The van der Waals surface area contributed by atoms with Crippen LogP contribution in [0.25, 0.3) is 0 Å². The number of hydrogen-bond donors (Lipinski definition) is 1. The quantitative estimate of drug-likeness (QED) is 0.708. The van der Waals surface area contributed by atoms with Crippen molar-refractivity contribution < 1.29 is 0 Å². The monoisotopic (exact) mass is 190 g/mol. The van der Waals surface area contributed by atoms with Crippen molar-refractivity contribution in [2.75, 3.05) is 0 Å². The summed E-state index contributed by atoms with van der Waals surface area (Å²) in [6.07, 6.45) is 6.54. The number of aromatic nitrogens is 3. The van der Waals surface area contributed by atoms with Crippen molar-refractivity contribution in [3.63, 3.8) is 0 Å². The molecular formula is C10H14N4. The van der Waals surface area contributed by atoms with Gasteiger partial charge in [-0.05, 0) is 38.5 Å². The fourth-order valence-electron chi connectivity index (χ4n) is 1.93. The topological polar surface area (TPSA) is 64.7 Å². The molecule has 3 rings (SSSR count). The minimum atomic E-state index is -0.237. The summed E-state index contributed by atoms with van der Waals surface area (Å²) in [6, 6.07) is 0. The average molecular weight is 190 g/mol. The summed E-state index contributed by atoms with van der Waals surface area (Å²) in [7, 11) is 0. The molecule has 0 spiro atoms. The molecular weight excluding hydrogens is 176 g/mol. The molecule has 0 atom stereocenters. The fraction of sp³-hybridized carbons (Fsp3) is 0.700. The van der Waals surface area contributed by atoms with Crippen molar-refractivity contribution in [3.8, 4) is 0 Å². The van der Waals surface area contributed by atoms with Crippen molar-refractivity contribution in [2.45, 2.75) is 44.1 Å². The van der Waals surface area contributed by atoms with E-state index in [1.54, 1.807) is 0 Å². The third-order valence-electron chi connectivity index (χ3n) is 3.15. The van der Waals surface area contributed by atoms with E-state index in [2.05, 4.69) is 15.2 Å². The Morgan fingerprint density at radius 1 is 1.00 bits per heavy atom. The molecule has 1 heterocycles. The van der Waals surface area contributed by atoms with Crippen molar-refractivity contribution in [1.82, 2.24) is 15.2 Å². The summed E-state index contributed by atoms with van der Waals surface area (Å²) in [5, 5.41) is 8.37. The predicted molar refractivity (Wildman–Crippen MR) is 51.6 cm³/mol. The van der Waals surface area contributed by atoms with Gasteiger partial charge in [0.05, 0.1) is 16.9 Å². The molecule has 2 N–H and O–H groups in total. The molecule has 0 aliphatic heterocycles. The van der Waals surface area contributed by atoms with Gasteiger partial charge in [0, 0.05) is 0 Å². The van der Waals surface area contributed by atoms with Gasteiger partial charge in [-0.2, -0.15) is 5.10 Å². The molecule has 1 saturated carbocycles. The molecule has 4 heteroatoms. The van der Waals surface area contributed by atoms with Crippen LogP contribution in [-0.4, -0.2) is 15.2 Å². The summed E-state index contributed by atoms with van der Waals surface area (Å²) < 4.78 is 0. The molecule has 14 heavy (non-hydrogen) atoms. The zero-order valence-electron chi connectivity index (χ0n) is 8.16. The molecule has 0 radical (unpaired) electrons. The molecule has 1 aromatic heterocycles. The van der Waals surface area contributed by atoms with Gasteiger partial charge in [0.2, 0.25) is 0 Å². The minimum Gasteiger partial charge on any atom is -0.319 e. The number of hydrogen-bond acceptors (Lipinski definition) is 4. The number of aryl methyl sites for hydroxylation is 2. The van der Waals surface area contributed by atoms with E-state index >= 15 is 0 Å². The highest BCUT2D eigenvalue weighted by molar-refractivity contribution is 5.19. The van der Waals surface area contributed by atoms with E-state index in [1.165, 1.54) is 12.8 Å². The first-order chi connectivity index (χ1) is 6.78.